The minimum atomic E-state index is -0.449. The van der Waals surface area contributed by atoms with Gasteiger partial charge in [-0.25, -0.2) is 15.2 Å². The van der Waals surface area contributed by atoms with E-state index in [1.807, 2.05) is 0 Å². The van der Waals surface area contributed by atoms with Gasteiger partial charge in [-0.3, -0.25) is 14.2 Å². The largest absolute Gasteiger partial charge is 0.297 e. The maximum atomic E-state index is 12.2. The Morgan fingerprint density at radius 1 is 1.17 bits per heavy atom. The lowest BCUT2D eigenvalue weighted by atomic mass is 10.2. The van der Waals surface area contributed by atoms with Crippen LogP contribution in [0.15, 0.2) is 39.0 Å². The van der Waals surface area contributed by atoms with Gasteiger partial charge in [0.2, 0.25) is 16.8 Å². The van der Waals surface area contributed by atoms with Crippen molar-refractivity contribution in [1.29, 1.82) is 0 Å². The molecule has 0 bridgehead atoms. The van der Waals surface area contributed by atoms with Crippen molar-refractivity contribution < 1.29 is 9.78 Å². The lowest BCUT2D eigenvalue weighted by Gasteiger charge is -2.09. The minimum absolute atomic E-state index is 0.179. The molecule has 0 spiro atoms. The lowest BCUT2D eigenvalue weighted by molar-refractivity contribution is -0.305. The van der Waals surface area contributed by atoms with Crippen LogP contribution in [0.1, 0.15) is 18.9 Å². The Morgan fingerprint density at radius 3 is 2.38 bits per heavy atom. The molecule has 3 rings (SSSR count). The summed E-state index contributed by atoms with van der Waals surface area (Å²) < 4.78 is 1.59. The highest BCUT2D eigenvalue weighted by Crippen LogP contribution is 2.16. The first-order valence-corrected chi connectivity index (χ1v) is 7.15. The predicted molar refractivity (Wildman–Crippen MR) is 85.6 cm³/mol. The van der Waals surface area contributed by atoms with E-state index in [-0.39, 0.29) is 11.3 Å². The molecule has 0 saturated heterocycles. The fraction of sp³-hybridized carbons (Fsp3) is 0.267. The van der Waals surface area contributed by atoms with Gasteiger partial charge >= 0.3 is 0 Å². The van der Waals surface area contributed by atoms with Crippen molar-refractivity contribution in [3.63, 3.8) is 0 Å². The van der Waals surface area contributed by atoms with Crippen molar-refractivity contribution in [2.45, 2.75) is 13.0 Å². The summed E-state index contributed by atoms with van der Waals surface area (Å²) in [6, 6.07) is 6.60. The third-order valence-corrected chi connectivity index (χ3v) is 3.63. The molecule has 1 unspecified atom stereocenters. The fourth-order valence-electron chi connectivity index (χ4n) is 2.42. The van der Waals surface area contributed by atoms with Crippen LogP contribution in [0.25, 0.3) is 10.8 Å². The van der Waals surface area contributed by atoms with Crippen molar-refractivity contribution in [3.05, 3.63) is 55.9 Å². The van der Waals surface area contributed by atoms with E-state index in [1.165, 1.54) is 7.11 Å². The smallest absolute Gasteiger partial charge is 0.244 e. The number of hydrogen-bond acceptors (Lipinski definition) is 8. The zero-order valence-corrected chi connectivity index (χ0v) is 13.3. The van der Waals surface area contributed by atoms with Crippen LogP contribution in [0.4, 0.5) is 5.95 Å². The second-order valence-electron chi connectivity index (χ2n) is 5.12. The molecular formula is C15H15N5O4. The van der Waals surface area contributed by atoms with Gasteiger partial charge in [0.05, 0.1) is 7.11 Å². The van der Waals surface area contributed by atoms with Gasteiger partial charge in [0.25, 0.3) is 0 Å². The molecule has 9 heteroatoms. The van der Waals surface area contributed by atoms with Crippen LogP contribution < -0.4 is 21.6 Å². The topological polar surface area (TPSA) is 108 Å². The normalized spacial score (nSPS) is 12.5. The Morgan fingerprint density at radius 2 is 1.79 bits per heavy atom. The second-order valence-corrected chi connectivity index (χ2v) is 5.12. The van der Waals surface area contributed by atoms with Gasteiger partial charge < -0.3 is 0 Å². The average molecular weight is 329 g/mol. The van der Waals surface area contributed by atoms with E-state index >= 15 is 0 Å². The van der Waals surface area contributed by atoms with Crippen molar-refractivity contribution >= 4 is 16.7 Å². The van der Waals surface area contributed by atoms with Crippen molar-refractivity contribution in [2.24, 2.45) is 12.1 Å². The molecule has 1 N–H and O–H groups in total. The predicted octanol–water partition coefficient (Wildman–Crippen LogP) is 0.131. The SMILES string of the molecule is COOC(C)c1nnc(NN=c2c(=O)c3ccccc3c2=O)n1C. The summed E-state index contributed by atoms with van der Waals surface area (Å²) in [4.78, 5) is 34.1. The van der Waals surface area contributed by atoms with Crippen LogP contribution in [0.3, 0.4) is 0 Å². The van der Waals surface area contributed by atoms with E-state index in [0.717, 1.165) is 0 Å². The van der Waals surface area contributed by atoms with Crippen molar-refractivity contribution in [3.8, 4) is 0 Å². The van der Waals surface area contributed by atoms with Gasteiger partial charge in [-0.15, -0.1) is 10.2 Å². The Bertz CT molecular complexity index is 982. The first-order valence-electron chi connectivity index (χ1n) is 7.15. The number of rotatable bonds is 5. The number of nitrogens with one attached hydrogen (secondary N) is 1. The van der Waals surface area contributed by atoms with Gasteiger partial charge in [-0.1, -0.05) is 24.3 Å². The van der Waals surface area contributed by atoms with E-state index in [2.05, 4.69) is 25.6 Å². The Labute approximate surface area is 135 Å². The van der Waals surface area contributed by atoms with Crippen LogP contribution in [0.2, 0.25) is 0 Å². The standard InChI is InChI=1S/C15H15N5O4/c1-8(24-23-3)14-17-19-15(20(14)2)18-16-11-12(21)9-6-4-5-7-10(9)13(11)22/h4-8H,1-3H3,(H,18,19). The fourth-order valence-corrected chi connectivity index (χ4v) is 2.42. The molecule has 124 valence electrons. The lowest BCUT2D eigenvalue weighted by Crippen LogP contribution is -2.32. The second kappa shape index (κ2) is 6.30. The van der Waals surface area contributed by atoms with Gasteiger partial charge in [-0.2, -0.15) is 5.10 Å². The Balaban J connectivity index is 1.98. The molecule has 1 atom stereocenters. The molecule has 2 aromatic carbocycles. The van der Waals surface area contributed by atoms with Crippen molar-refractivity contribution in [2.75, 3.05) is 12.5 Å². The van der Waals surface area contributed by atoms with E-state index in [1.54, 1.807) is 42.8 Å². The maximum absolute atomic E-state index is 12.2. The van der Waals surface area contributed by atoms with Crippen LogP contribution in [0, 0.1) is 0 Å². The van der Waals surface area contributed by atoms with E-state index in [4.69, 9.17) is 4.89 Å². The summed E-state index contributed by atoms with van der Waals surface area (Å²) in [7, 11) is 3.09. The maximum Gasteiger partial charge on any atom is 0.244 e. The van der Waals surface area contributed by atoms with Crippen LogP contribution >= 0.6 is 0 Å². The Hall–Kier alpha value is -2.91. The molecule has 0 fully saturated rings. The van der Waals surface area contributed by atoms with E-state index in [0.29, 0.717) is 16.6 Å². The van der Waals surface area contributed by atoms with Crippen LogP contribution in [-0.4, -0.2) is 21.9 Å². The molecular weight excluding hydrogens is 314 g/mol. The van der Waals surface area contributed by atoms with Crippen LogP contribution in [-0.2, 0) is 16.8 Å². The molecule has 0 aliphatic heterocycles. The molecule has 0 aliphatic carbocycles. The summed E-state index contributed by atoms with van der Waals surface area (Å²) in [6.07, 6.45) is -0.449. The van der Waals surface area contributed by atoms with Gasteiger partial charge in [0.1, 0.15) is 6.10 Å². The zero-order chi connectivity index (χ0) is 17.3. The number of fused-ring (bicyclic) bond motifs is 1. The summed E-state index contributed by atoms with van der Waals surface area (Å²) in [5.41, 5.74) is 1.78. The van der Waals surface area contributed by atoms with Crippen LogP contribution in [0.5, 0.6) is 0 Å². The summed E-state index contributed by atoms with van der Waals surface area (Å²) in [5.74, 6) is 0.757. The zero-order valence-electron chi connectivity index (χ0n) is 13.3. The number of benzene rings is 1. The summed E-state index contributed by atoms with van der Waals surface area (Å²) >= 11 is 0. The molecule has 1 aromatic heterocycles. The third-order valence-electron chi connectivity index (χ3n) is 3.63. The third kappa shape index (κ3) is 2.59. The monoisotopic (exact) mass is 329 g/mol. The first kappa shape index (κ1) is 16.0. The molecule has 0 saturated carbocycles. The molecule has 3 aromatic rings. The van der Waals surface area contributed by atoms with E-state index < -0.39 is 17.0 Å². The highest BCUT2D eigenvalue weighted by atomic mass is 17.2. The Kier molecular flexibility index (Phi) is 4.19. The summed E-state index contributed by atoms with van der Waals surface area (Å²) in [5, 5.41) is 12.3. The van der Waals surface area contributed by atoms with Gasteiger partial charge in [-0.05, 0) is 6.92 Å². The molecule has 0 radical (unpaired) electrons. The van der Waals surface area contributed by atoms with Crippen molar-refractivity contribution in [1.82, 2.24) is 14.8 Å². The van der Waals surface area contributed by atoms with E-state index in [9.17, 15) is 9.59 Å². The summed E-state index contributed by atoms with van der Waals surface area (Å²) in [6.45, 7) is 1.74. The molecule has 0 aliphatic rings. The average Bonchev–Trinajstić information content (AvgIpc) is 3.06. The molecule has 1 heterocycles. The van der Waals surface area contributed by atoms with Gasteiger partial charge in [0.15, 0.2) is 11.2 Å². The molecule has 24 heavy (non-hydrogen) atoms. The first-order chi connectivity index (χ1) is 11.5. The number of nitrogens with zero attached hydrogens (tertiary/aromatic N) is 4. The number of anilines is 1. The molecule has 0 amide bonds. The quantitative estimate of drug-likeness (QED) is 0.523. The minimum Gasteiger partial charge on any atom is -0.297 e. The number of aromatic nitrogens is 3. The highest BCUT2D eigenvalue weighted by molar-refractivity contribution is 5.83. The molecule has 9 nitrogen and oxygen atoms in total. The number of hydrogen-bond donors (Lipinski definition) is 1. The highest BCUT2D eigenvalue weighted by Gasteiger charge is 2.16. The van der Waals surface area contributed by atoms with Gasteiger partial charge in [0, 0.05) is 17.8 Å².